The summed E-state index contributed by atoms with van der Waals surface area (Å²) < 4.78 is 6.23. The first-order valence-corrected chi connectivity index (χ1v) is 7.58. The van der Waals surface area contributed by atoms with Crippen LogP contribution in [0.25, 0.3) is 0 Å². The summed E-state index contributed by atoms with van der Waals surface area (Å²) in [4.78, 5) is 26.5. The van der Waals surface area contributed by atoms with Crippen molar-refractivity contribution in [2.24, 2.45) is 0 Å². The number of benzene rings is 1. The molecule has 134 valence electrons. The maximum Gasteiger partial charge on any atom is 0.362 e. The van der Waals surface area contributed by atoms with Gasteiger partial charge < -0.3 is 4.74 Å². The van der Waals surface area contributed by atoms with Crippen LogP contribution in [0.15, 0.2) is 30.6 Å². The molecule has 0 aliphatic rings. The van der Waals surface area contributed by atoms with Gasteiger partial charge >= 0.3 is 11.6 Å². The highest BCUT2D eigenvalue weighted by atomic mass is 35.5. The maximum absolute atomic E-state index is 12.2. The number of anilines is 1. The van der Waals surface area contributed by atoms with Gasteiger partial charge in [-0.05, 0) is 11.6 Å². The molecule has 3 aromatic rings. The van der Waals surface area contributed by atoms with Gasteiger partial charge in [0, 0.05) is 5.02 Å². The first-order chi connectivity index (χ1) is 12.5. The molecule has 1 amide bonds. The highest BCUT2D eigenvalue weighted by Crippen LogP contribution is 2.28. The molecule has 0 saturated carbocycles. The second-order valence-electron chi connectivity index (χ2n) is 5.02. The summed E-state index contributed by atoms with van der Waals surface area (Å²) in [6.07, 6.45) is 1.40. The third-order valence-electron chi connectivity index (χ3n) is 3.36. The van der Waals surface area contributed by atoms with Gasteiger partial charge in [-0.3, -0.25) is 25.3 Å². The third kappa shape index (κ3) is 3.47. The van der Waals surface area contributed by atoms with E-state index < -0.39 is 16.5 Å². The van der Waals surface area contributed by atoms with E-state index in [4.69, 9.17) is 16.3 Å². The molecule has 0 saturated heterocycles. The zero-order chi connectivity index (χ0) is 18.7. The van der Waals surface area contributed by atoms with Crippen LogP contribution in [0.5, 0.6) is 5.88 Å². The minimum atomic E-state index is -0.817. The predicted molar refractivity (Wildman–Crippen MR) is 90.3 cm³/mol. The molecule has 2 heterocycles. The monoisotopic (exact) mass is 377 g/mol. The fraction of sp³-hybridized carbons (Fsp3) is 0.143. The van der Waals surface area contributed by atoms with Crippen LogP contribution < -0.4 is 10.1 Å². The SMILES string of the molecule is COc1n[nH]c(C(=O)Nc2ncn(Cc3ccccc3Cl)n2)c1[N+](=O)[O-]. The van der Waals surface area contributed by atoms with Crippen molar-refractivity contribution in [3.63, 3.8) is 0 Å². The molecule has 0 aliphatic carbocycles. The molecule has 2 N–H and O–H groups in total. The van der Waals surface area contributed by atoms with Gasteiger partial charge in [-0.1, -0.05) is 29.8 Å². The van der Waals surface area contributed by atoms with Crippen LogP contribution in [0.4, 0.5) is 11.6 Å². The number of hydrogen-bond acceptors (Lipinski definition) is 7. The van der Waals surface area contributed by atoms with Crippen molar-refractivity contribution < 1.29 is 14.5 Å². The molecular weight excluding hydrogens is 366 g/mol. The lowest BCUT2D eigenvalue weighted by Gasteiger charge is -2.03. The fourth-order valence-corrected chi connectivity index (χ4v) is 2.38. The van der Waals surface area contributed by atoms with Crippen molar-refractivity contribution in [3.05, 3.63) is 57.0 Å². The number of aromatic amines is 1. The van der Waals surface area contributed by atoms with Gasteiger partial charge in [-0.2, -0.15) is 0 Å². The minimum absolute atomic E-state index is 0.0232. The van der Waals surface area contributed by atoms with Crippen molar-refractivity contribution in [1.29, 1.82) is 0 Å². The maximum atomic E-state index is 12.2. The van der Waals surface area contributed by atoms with E-state index in [1.165, 1.54) is 18.1 Å². The molecule has 2 aromatic heterocycles. The summed E-state index contributed by atoms with van der Waals surface area (Å²) in [7, 11) is 1.21. The lowest BCUT2D eigenvalue weighted by molar-refractivity contribution is -0.386. The summed E-state index contributed by atoms with van der Waals surface area (Å²) in [5.74, 6) is -1.13. The average molecular weight is 378 g/mol. The molecule has 0 spiro atoms. The van der Waals surface area contributed by atoms with E-state index in [0.717, 1.165) is 5.56 Å². The zero-order valence-electron chi connectivity index (χ0n) is 13.3. The van der Waals surface area contributed by atoms with E-state index in [1.807, 2.05) is 18.2 Å². The van der Waals surface area contributed by atoms with Crippen molar-refractivity contribution in [3.8, 4) is 5.88 Å². The Labute approximate surface area is 151 Å². The van der Waals surface area contributed by atoms with Gasteiger partial charge in [0.1, 0.15) is 6.33 Å². The van der Waals surface area contributed by atoms with Gasteiger partial charge in [-0.25, -0.2) is 9.67 Å². The van der Waals surface area contributed by atoms with Gasteiger partial charge in [0.25, 0.3) is 5.91 Å². The molecule has 12 heteroatoms. The summed E-state index contributed by atoms with van der Waals surface area (Å²) in [6.45, 7) is 0.348. The summed E-state index contributed by atoms with van der Waals surface area (Å²) >= 11 is 6.09. The quantitative estimate of drug-likeness (QED) is 0.493. The number of methoxy groups -OCH3 is 1. The summed E-state index contributed by atoms with van der Waals surface area (Å²) in [6, 6.07) is 7.24. The van der Waals surface area contributed by atoms with Crippen LogP contribution in [0.1, 0.15) is 16.1 Å². The predicted octanol–water partition coefficient (Wildman–Crippen LogP) is 1.87. The van der Waals surface area contributed by atoms with Crippen molar-refractivity contribution in [2.75, 3.05) is 12.4 Å². The molecule has 0 fully saturated rings. The molecule has 3 rings (SSSR count). The van der Waals surface area contributed by atoms with Gasteiger partial charge in [0.2, 0.25) is 11.6 Å². The number of rotatable bonds is 6. The molecular formula is C14H12ClN7O4. The summed E-state index contributed by atoms with van der Waals surface area (Å²) in [5, 5.41) is 24.0. The van der Waals surface area contributed by atoms with E-state index in [-0.39, 0.29) is 17.5 Å². The number of nitrogens with zero attached hydrogens (tertiary/aromatic N) is 5. The van der Waals surface area contributed by atoms with Crippen LogP contribution >= 0.6 is 11.6 Å². The number of aromatic nitrogens is 5. The molecule has 26 heavy (non-hydrogen) atoms. The molecule has 0 aliphatic heterocycles. The van der Waals surface area contributed by atoms with Crippen LogP contribution in [0.3, 0.4) is 0 Å². The number of ether oxygens (including phenoxy) is 1. The van der Waals surface area contributed by atoms with Gasteiger partial charge in [0.05, 0.1) is 18.6 Å². The smallest absolute Gasteiger partial charge is 0.362 e. The summed E-state index contributed by atoms with van der Waals surface area (Å²) in [5.41, 5.74) is -0.110. The van der Waals surface area contributed by atoms with Crippen LogP contribution in [-0.2, 0) is 6.54 Å². The normalized spacial score (nSPS) is 10.5. The van der Waals surface area contributed by atoms with Gasteiger partial charge in [0.15, 0.2) is 0 Å². The zero-order valence-corrected chi connectivity index (χ0v) is 14.1. The highest BCUT2D eigenvalue weighted by molar-refractivity contribution is 6.31. The number of nitro groups is 1. The first kappa shape index (κ1) is 17.4. The van der Waals surface area contributed by atoms with E-state index in [2.05, 4.69) is 25.6 Å². The lowest BCUT2D eigenvalue weighted by atomic mass is 10.2. The number of carbonyl (C=O) groups excluding carboxylic acids is 1. The Hall–Kier alpha value is -3.47. The molecule has 0 atom stereocenters. The number of nitrogens with one attached hydrogen (secondary N) is 2. The van der Waals surface area contributed by atoms with Crippen molar-refractivity contribution in [1.82, 2.24) is 25.0 Å². The molecule has 0 unspecified atom stereocenters. The Morgan fingerprint density at radius 3 is 2.92 bits per heavy atom. The van der Waals surface area contributed by atoms with Gasteiger partial charge in [-0.15, -0.1) is 10.2 Å². The number of amides is 1. The van der Waals surface area contributed by atoms with E-state index >= 15 is 0 Å². The molecule has 0 radical (unpaired) electrons. The number of carbonyl (C=O) groups is 1. The average Bonchev–Trinajstić information content (AvgIpc) is 3.23. The Kier molecular flexibility index (Phi) is 4.80. The van der Waals surface area contributed by atoms with E-state index in [1.54, 1.807) is 6.07 Å². The third-order valence-corrected chi connectivity index (χ3v) is 3.73. The first-order valence-electron chi connectivity index (χ1n) is 7.20. The van der Waals surface area contributed by atoms with Crippen LogP contribution in [0.2, 0.25) is 5.02 Å². The van der Waals surface area contributed by atoms with Crippen molar-refractivity contribution >= 4 is 29.1 Å². The molecule has 0 bridgehead atoms. The Bertz CT molecular complexity index is 968. The minimum Gasteiger partial charge on any atom is -0.475 e. The van der Waals surface area contributed by atoms with E-state index in [0.29, 0.717) is 11.6 Å². The van der Waals surface area contributed by atoms with Crippen molar-refractivity contribution in [2.45, 2.75) is 6.54 Å². The largest absolute Gasteiger partial charge is 0.475 e. The number of H-pyrrole nitrogens is 1. The topological polar surface area (TPSA) is 141 Å². The number of hydrogen-bond donors (Lipinski definition) is 2. The lowest BCUT2D eigenvalue weighted by Crippen LogP contribution is -2.15. The van der Waals surface area contributed by atoms with Crippen LogP contribution in [0, 0.1) is 10.1 Å². The van der Waals surface area contributed by atoms with Crippen LogP contribution in [-0.4, -0.2) is 42.9 Å². The molecule has 11 nitrogen and oxygen atoms in total. The standard InChI is InChI=1S/C14H12ClN7O4/c1-26-13-11(22(24)25)10(18-19-13)12(23)17-14-16-7-21(20-14)6-8-4-2-3-5-9(8)15/h2-5,7H,6H2,1H3,(H,18,19)(H,17,20,23). The molecule has 1 aromatic carbocycles. The van der Waals surface area contributed by atoms with E-state index in [9.17, 15) is 14.9 Å². The fourth-order valence-electron chi connectivity index (χ4n) is 2.18. The Morgan fingerprint density at radius 2 is 2.23 bits per heavy atom. The Balaban J connectivity index is 1.75. The number of halogens is 1. The Morgan fingerprint density at radius 1 is 1.46 bits per heavy atom. The second-order valence-corrected chi connectivity index (χ2v) is 5.43. The second kappa shape index (κ2) is 7.19. The highest BCUT2D eigenvalue weighted by Gasteiger charge is 2.30.